The number of anilines is 1. The highest BCUT2D eigenvalue weighted by molar-refractivity contribution is 5.91. The van der Waals surface area contributed by atoms with Crippen molar-refractivity contribution in [3.05, 3.63) is 29.3 Å². The third kappa shape index (κ3) is 1.76. The lowest BCUT2D eigenvalue weighted by Crippen LogP contribution is -2.38. The molecule has 104 valence electrons. The molecule has 4 heterocycles. The number of piperidine rings is 1. The van der Waals surface area contributed by atoms with Crippen LogP contribution >= 0.6 is 0 Å². The molecule has 1 fully saturated rings. The molecule has 3 aliphatic heterocycles. The minimum Gasteiger partial charge on any atom is -0.358 e. The van der Waals surface area contributed by atoms with Crippen LogP contribution < -0.4 is 4.90 Å². The number of hydrogen-bond acceptors (Lipinski definition) is 2. The Balaban J connectivity index is 1.78. The molecule has 0 radical (unpaired) electrons. The summed E-state index contributed by atoms with van der Waals surface area (Å²) in [6, 6.07) is 6.64. The van der Waals surface area contributed by atoms with Crippen molar-refractivity contribution in [2.45, 2.75) is 38.5 Å². The minimum atomic E-state index is 0.270. The molecule has 2 bridgehead atoms. The maximum absolute atomic E-state index is 11.2. The van der Waals surface area contributed by atoms with E-state index in [0.717, 1.165) is 12.3 Å². The van der Waals surface area contributed by atoms with Crippen LogP contribution in [-0.2, 0) is 11.2 Å². The van der Waals surface area contributed by atoms with Crippen LogP contribution in [-0.4, -0.2) is 23.9 Å². The standard InChI is InChI=1S/C17H20N2O/c1-11(20)2-3-12-4-5-15-14(10-12)16-13-6-8-19(9-7-13)17(16)18-15/h4-5,10,13,18H,2-3,6-9H2,1H3. The zero-order chi connectivity index (χ0) is 13.7. The topological polar surface area (TPSA) is 36.1 Å². The van der Waals surface area contributed by atoms with Gasteiger partial charge in [0.2, 0.25) is 0 Å². The molecule has 0 saturated carbocycles. The molecule has 0 unspecified atom stereocenters. The largest absolute Gasteiger partial charge is 0.358 e. The lowest BCUT2D eigenvalue weighted by Gasteiger charge is -2.40. The third-order valence-electron chi connectivity index (χ3n) is 4.87. The molecule has 2 aromatic rings. The van der Waals surface area contributed by atoms with Crippen LogP contribution in [0.5, 0.6) is 0 Å². The summed E-state index contributed by atoms with van der Waals surface area (Å²) >= 11 is 0. The zero-order valence-corrected chi connectivity index (χ0v) is 11.9. The molecule has 0 amide bonds. The molecule has 20 heavy (non-hydrogen) atoms. The van der Waals surface area contributed by atoms with Crippen LogP contribution in [0.2, 0.25) is 0 Å². The molecule has 1 aromatic carbocycles. The summed E-state index contributed by atoms with van der Waals surface area (Å²) in [6.07, 6.45) is 4.09. The van der Waals surface area contributed by atoms with E-state index in [4.69, 9.17) is 0 Å². The number of H-pyrrole nitrogens is 1. The van der Waals surface area contributed by atoms with Gasteiger partial charge in [0.1, 0.15) is 11.6 Å². The fourth-order valence-corrected chi connectivity index (χ4v) is 3.78. The van der Waals surface area contributed by atoms with Gasteiger partial charge in [-0.05, 0) is 49.8 Å². The number of aromatic nitrogens is 1. The summed E-state index contributed by atoms with van der Waals surface area (Å²) in [5.41, 5.74) is 4.06. The van der Waals surface area contributed by atoms with Gasteiger partial charge in [0.15, 0.2) is 0 Å². The number of aromatic amines is 1. The highest BCUT2D eigenvalue weighted by Gasteiger charge is 2.33. The fourth-order valence-electron chi connectivity index (χ4n) is 3.78. The van der Waals surface area contributed by atoms with Gasteiger partial charge in [-0.25, -0.2) is 0 Å². The van der Waals surface area contributed by atoms with E-state index in [0.29, 0.717) is 6.42 Å². The highest BCUT2D eigenvalue weighted by Crippen LogP contribution is 2.45. The van der Waals surface area contributed by atoms with E-state index < -0.39 is 0 Å². The van der Waals surface area contributed by atoms with E-state index in [1.807, 2.05) is 0 Å². The van der Waals surface area contributed by atoms with Crippen molar-refractivity contribution >= 4 is 22.5 Å². The average Bonchev–Trinajstić information content (AvgIpc) is 2.87. The minimum absolute atomic E-state index is 0.270. The summed E-state index contributed by atoms with van der Waals surface area (Å²) in [5.74, 6) is 2.35. The van der Waals surface area contributed by atoms with Crippen molar-refractivity contribution in [2.24, 2.45) is 0 Å². The number of hydrogen-bond donors (Lipinski definition) is 1. The van der Waals surface area contributed by atoms with Crippen molar-refractivity contribution in [1.29, 1.82) is 0 Å². The predicted molar refractivity (Wildman–Crippen MR) is 81.5 cm³/mol. The molecule has 5 rings (SSSR count). The molecule has 0 aliphatic carbocycles. The first-order valence-corrected chi connectivity index (χ1v) is 7.61. The van der Waals surface area contributed by atoms with Gasteiger partial charge >= 0.3 is 0 Å². The van der Waals surface area contributed by atoms with Crippen LogP contribution in [0.1, 0.15) is 43.2 Å². The van der Waals surface area contributed by atoms with Gasteiger partial charge in [-0.2, -0.15) is 0 Å². The molecule has 0 atom stereocenters. The zero-order valence-electron chi connectivity index (χ0n) is 11.9. The Morgan fingerprint density at radius 2 is 2.15 bits per heavy atom. The van der Waals surface area contributed by atoms with Crippen molar-refractivity contribution in [2.75, 3.05) is 18.0 Å². The van der Waals surface area contributed by atoms with Gasteiger partial charge in [0.05, 0.1) is 0 Å². The number of carbonyl (C=O) groups excluding carboxylic acids is 1. The molecule has 3 aliphatic rings. The maximum Gasteiger partial charge on any atom is 0.130 e. The van der Waals surface area contributed by atoms with Crippen LogP contribution in [0.15, 0.2) is 18.2 Å². The molecule has 3 heteroatoms. The van der Waals surface area contributed by atoms with E-state index in [2.05, 4.69) is 28.1 Å². The van der Waals surface area contributed by atoms with E-state index in [9.17, 15) is 4.79 Å². The first-order valence-electron chi connectivity index (χ1n) is 7.61. The van der Waals surface area contributed by atoms with Gasteiger partial charge in [0, 0.05) is 36.0 Å². The highest BCUT2D eigenvalue weighted by atomic mass is 16.1. The third-order valence-corrected chi connectivity index (χ3v) is 4.87. The van der Waals surface area contributed by atoms with Gasteiger partial charge in [-0.15, -0.1) is 0 Å². The molecule has 0 spiro atoms. The quantitative estimate of drug-likeness (QED) is 0.926. The Hall–Kier alpha value is -1.77. The van der Waals surface area contributed by atoms with E-state index in [1.54, 1.807) is 6.92 Å². The summed E-state index contributed by atoms with van der Waals surface area (Å²) in [4.78, 5) is 17.2. The maximum atomic E-state index is 11.2. The van der Waals surface area contributed by atoms with E-state index in [-0.39, 0.29) is 5.78 Å². The molecule has 1 aromatic heterocycles. The predicted octanol–water partition coefficient (Wildman–Crippen LogP) is 3.39. The number of fused-ring (bicyclic) bond motifs is 3. The average molecular weight is 268 g/mol. The van der Waals surface area contributed by atoms with Crippen molar-refractivity contribution < 1.29 is 4.79 Å². The first-order chi connectivity index (χ1) is 9.72. The van der Waals surface area contributed by atoms with E-state index >= 15 is 0 Å². The lowest BCUT2D eigenvalue weighted by atomic mass is 9.84. The summed E-state index contributed by atoms with van der Waals surface area (Å²) in [6.45, 7) is 4.06. The molecule has 1 saturated heterocycles. The number of benzene rings is 1. The molecule has 1 N–H and O–H groups in total. The van der Waals surface area contributed by atoms with Gasteiger partial charge in [0.25, 0.3) is 0 Å². The van der Waals surface area contributed by atoms with E-state index in [1.165, 1.54) is 53.8 Å². The molecular weight excluding hydrogens is 248 g/mol. The summed E-state index contributed by atoms with van der Waals surface area (Å²) in [5, 5.41) is 1.38. The fraction of sp³-hybridized carbons (Fsp3) is 0.471. The lowest BCUT2D eigenvalue weighted by molar-refractivity contribution is -0.116. The van der Waals surface area contributed by atoms with Gasteiger partial charge in [-0.3, -0.25) is 0 Å². The Morgan fingerprint density at radius 1 is 1.35 bits per heavy atom. The normalized spacial score (nSPS) is 17.8. The Morgan fingerprint density at radius 3 is 2.90 bits per heavy atom. The van der Waals surface area contributed by atoms with Crippen molar-refractivity contribution in [3.63, 3.8) is 0 Å². The monoisotopic (exact) mass is 268 g/mol. The Kier molecular flexibility index (Phi) is 2.62. The smallest absolute Gasteiger partial charge is 0.130 e. The summed E-state index contributed by atoms with van der Waals surface area (Å²) < 4.78 is 0. The van der Waals surface area contributed by atoms with Crippen LogP contribution in [0, 0.1) is 0 Å². The number of Topliss-reactive ketones (excluding diaryl/α,β-unsaturated/α-hetero) is 1. The molecular formula is C17H20N2O. The number of aryl methyl sites for hydroxylation is 1. The second-order valence-electron chi connectivity index (χ2n) is 6.23. The SMILES string of the molecule is CC(=O)CCc1ccc2[nH]c3c(c2c1)C1CCN3CC1. The number of carbonyl (C=O) groups is 1. The van der Waals surface area contributed by atoms with Crippen molar-refractivity contribution in [1.82, 2.24) is 4.98 Å². The van der Waals surface area contributed by atoms with Crippen LogP contribution in [0.25, 0.3) is 10.9 Å². The Labute approximate surface area is 119 Å². The second kappa shape index (κ2) is 4.37. The van der Waals surface area contributed by atoms with Gasteiger partial charge < -0.3 is 14.7 Å². The van der Waals surface area contributed by atoms with Crippen LogP contribution in [0.4, 0.5) is 5.82 Å². The van der Waals surface area contributed by atoms with Crippen molar-refractivity contribution in [3.8, 4) is 0 Å². The van der Waals surface area contributed by atoms with Gasteiger partial charge in [-0.1, -0.05) is 6.07 Å². The number of nitrogens with one attached hydrogen (secondary N) is 1. The molecule has 3 nitrogen and oxygen atoms in total. The Bertz CT molecular complexity index is 678. The number of rotatable bonds is 3. The second-order valence-corrected chi connectivity index (χ2v) is 6.23. The first kappa shape index (κ1) is 12.0. The number of ketones is 1. The summed E-state index contributed by atoms with van der Waals surface area (Å²) in [7, 11) is 0. The number of nitrogens with zero attached hydrogens (tertiary/aromatic N) is 1. The van der Waals surface area contributed by atoms with Crippen LogP contribution in [0.3, 0.4) is 0 Å².